The van der Waals surface area contributed by atoms with Gasteiger partial charge in [0.25, 0.3) is 0 Å². The minimum atomic E-state index is -1.97. The Balaban J connectivity index is 1.77. The molecule has 1 aliphatic heterocycles. The predicted octanol–water partition coefficient (Wildman–Crippen LogP) is 3.47. The number of phenols is 2. The van der Waals surface area contributed by atoms with E-state index in [1.54, 1.807) is 36.7 Å². The second kappa shape index (κ2) is 5.72. The van der Waals surface area contributed by atoms with E-state index in [2.05, 4.69) is 8.02 Å². The number of hydrogen-bond acceptors (Lipinski definition) is 4. The number of phenolic OH excluding ortho intramolecular Hbond substituents is 2. The van der Waals surface area contributed by atoms with Gasteiger partial charge in [-0.15, -0.1) is 0 Å². The van der Waals surface area contributed by atoms with Gasteiger partial charge >= 0.3 is 126 Å². The van der Waals surface area contributed by atoms with Gasteiger partial charge in [-0.05, 0) is 0 Å². The van der Waals surface area contributed by atoms with Crippen LogP contribution in [0.3, 0.4) is 0 Å². The fourth-order valence-electron chi connectivity index (χ4n) is 1.76. The fourth-order valence-corrected chi connectivity index (χ4v) is 4.37. The van der Waals surface area contributed by atoms with Gasteiger partial charge in [0.15, 0.2) is 0 Å². The molecule has 0 amide bonds. The average molecular weight is 323 g/mol. The number of para-hydroxylation sites is 2. The van der Waals surface area contributed by atoms with E-state index in [-0.39, 0.29) is 11.5 Å². The first-order valence-electron chi connectivity index (χ1n) is 6.57. The number of nitrogens with zero attached hydrogens (tertiary/aromatic N) is 2. The molecular weight excluding hydrogens is 307 g/mol. The fraction of sp³-hybridized carbons (Fsp3) is 0.125. The molecule has 0 bridgehead atoms. The van der Waals surface area contributed by atoms with Crippen molar-refractivity contribution in [2.45, 2.75) is 10.6 Å². The third-order valence-electron chi connectivity index (χ3n) is 3.14. The van der Waals surface area contributed by atoms with Crippen molar-refractivity contribution < 1.29 is 23.5 Å². The molecule has 0 unspecified atom stereocenters. The number of benzene rings is 2. The summed E-state index contributed by atoms with van der Waals surface area (Å²) in [6.07, 6.45) is 3.44. The van der Waals surface area contributed by atoms with Crippen LogP contribution in [0.5, 0.6) is 11.5 Å². The van der Waals surface area contributed by atoms with E-state index in [0.717, 1.165) is 21.8 Å². The first kappa shape index (κ1) is 13.9. The SMILES string of the molecule is Oc1ccccc1C=[N][Mn]1([N]=Cc2ccccc2O)[CH2][CH2]1. The topological polar surface area (TPSA) is 65.2 Å². The molecule has 2 N–H and O–H groups in total. The molecule has 0 radical (unpaired) electrons. The molecule has 2 aromatic rings. The molecule has 3 rings (SSSR count). The van der Waals surface area contributed by atoms with Gasteiger partial charge in [0.2, 0.25) is 0 Å². The zero-order valence-electron chi connectivity index (χ0n) is 11.4. The van der Waals surface area contributed by atoms with E-state index in [4.69, 9.17) is 0 Å². The Morgan fingerprint density at radius 1 is 0.762 bits per heavy atom. The molecular formula is C16H16MnN2O2. The summed E-state index contributed by atoms with van der Waals surface area (Å²) in [4.78, 5) is 0. The van der Waals surface area contributed by atoms with Gasteiger partial charge in [0.1, 0.15) is 0 Å². The van der Waals surface area contributed by atoms with E-state index >= 15 is 0 Å². The van der Waals surface area contributed by atoms with Crippen molar-refractivity contribution in [3.8, 4) is 11.5 Å². The average Bonchev–Trinajstić information content (AvgIpc) is 3.26. The molecule has 0 aromatic heterocycles. The van der Waals surface area contributed by atoms with Gasteiger partial charge in [0.05, 0.1) is 0 Å². The molecule has 0 spiro atoms. The van der Waals surface area contributed by atoms with E-state index in [1.807, 2.05) is 24.3 Å². The van der Waals surface area contributed by atoms with Crippen molar-refractivity contribution in [2.24, 2.45) is 8.02 Å². The third kappa shape index (κ3) is 3.32. The quantitative estimate of drug-likeness (QED) is 0.668. The zero-order valence-corrected chi connectivity index (χ0v) is 12.5. The van der Waals surface area contributed by atoms with Crippen molar-refractivity contribution in [1.82, 2.24) is 0 Å². The van der Waals surface area contributed by atoms with Gasteiger partial charge in [-0.25, -0.2) is 0 Å². The van der Waals surface area contributed by atoms with Crippen molar-refractivity contribution in [2.75, 3.05) is 0 Å². The van der Waals surface area contributed by atoms with Crippen LogP contribution in [0.25, 0.3) is 0 Å². The van der Waals surface area contributed by atoms with Crippen LogP contribution >= 0.6 is 0 Å². The molecule has 0 saturated carbocycles. The van der Waals surface area contributed by atoms with Crippen molar-refractivity contribution in [1.29, 1.82) is 0 Å². The van der Waals surface area contributed by atoms with Crippen molar-refractivity contribution >= 4 is 12.4 Å². The van der Waals surface area contributed by atoms with Crippen LogP contribution in [0.15, 0.2) is 56.5 Å². The number of aromatic hydroxyl groups is 2. The molecule has 1 aliphatic rings. The molecule has 109 valence electrons. The maximum atomic E-state index is 9.72. The van der Waals surface area contributed by atoms with Gasteiger partial charge in [-0.2, -0.15) is 0 Å². The van der Waals surface area contributed by atoms with Crippen LogP contribution in [0.1, 0.15) is 11.1 Å². The molecule has 0 atom stereocenters. The molecule has 2 aromatic carbocycles. The normalized spacial score (nSPS) is 18.1. The molecule has 0 aliphatic carbocycles. The van der Waals surface area contributed by atoms with Crippen molar-refractivity contribution in [3.63, 3.8) is 0 Å². The summed E-state index contributed by atoms with van der Waals surface area (Å²) in [6.45, 7) is 0. The van der Waals surface area contributed by atoms with Gasteiger partial charge in [-0.1, -0.05) is 0 Å². The van der Waals surface area contributed by atoms with E-state index in [9.17, 15) is 10.2 Å². The maximum absolute atomic E-state index is 9.72. The number of rotatable bonds is 4. The minimum absolute atomic E-state index is 0.232. The van der Waals surface area contributed by atoms with E-state index in [1.165, 1.54) is 0 Å². The van der Waals surface area contributed by atoms with Crippen LogP contribution in [-0.2, 0) is 13.3 Å². The Hall–Kier alpha value is -2.10. The van der Waals surface area contributed by atoms with E-state index in [0.29, 0.717) is 0 Å². The van der Waals surface area contributed by atoms with Crippen LogP contribution < -0.4 is 0 Å². The molecule has 1 saturated heterocycles. The van der Waals surface area contributed by atoms with Crippen molar-refractivity contribution in [3.05, 3.63) is 59.7 Å². The molecule has 1 fully saturated rings. The second-order valence-electron chi connectivity index (χ2n) is 4.69. The monoisotopic (exact) mass is 323 g/mol. The Morgan fingerprint density at radius 3 is 1.57 bits per heavy atom. The Bertz CT molecular complexity index is 651. The van der Waals surface area contributed by atoms with Gasteiger partial charge < -0.3 is 0 Å². The third-order valence-corrected chi connectivity index (χ3v) is 6.23. The molecule has 4 nitrogen and oxygen atoms in total. The van der Waals surface area contributed by atoms with Crippen LogP contribution in [-0.4, -0.2) is 22.6 Å². The Labute approximate surface area is 126 Å². The Kier molecular flexibility index (Phi) is 3.77. The van der Waals surface area contributed by atoms with E-state index < -0.39 is 13.3 Å². The molecule has 1 heterocycles. The molecule has 5 heteroatoms. The van der Waals surface area contributed by atoms with Crippen LogP contribution in [0.4, 0.5) is 0 Å². The summed E-state index contributed by atoms with van der Waals surface area (Å²) >= 11 is -1.97. The standard InChI is InChI=1S/2C7H6NO.C2H4.Mn/c2*8-5-6-3-1-2-4-7(6)9;1-2;/h2*1-5,9H;1-2H2;/q2*-1;;+2. The number of hydrogen-bond donors (Lipinski definition) is 2. The van der Waals surface area contributed by atoms with Gasteiger partial charge in [0, 0.05) is 0 Å². The first-order valence-corrected chi connectivity index (χ1v) is 9.29. The first-order chi connectivity index (χ1) is 10.2. The molecule has 21 heavy (non-hydrogen) atoms. The second-order valence-corrected chi connectivity index (χ2v) is 8.80. The zero-order chi connectivity index (χ0) is 14.7. The summed E-state index contributed by atoms with van der Waals surface area (Å²) in [5.41, 5.74) is 1.43. The summed E-state index contributed by atoms with van der Waals surface area (Å²) in [7, 11) is 0. The summed E-state index contributed by atoms with van der Waals surface area (Å²) in [5.74, 6) is 0.465. The predicted molar refractivity (Wildman–Crippen MR) is 81.0 cm³/mol. The summed E-state index contributed by atoms with van der Waals surface area (Å²) in [5, 5.41) is 21.5. The summed E-state index contributed by atoms with van der Waals surface area (Å²) in [6, 6.07) is 14.3. The van der Waals surface area contributed by atoms with Crippen LogP contribution in [0, 0.1) is 0 Å². The Morgan fingerprint density at radius 2 is 1.19 bits per heavy atom. The van der Waals surface area contributed by atoms with Gasteiger partial charge in [-0.3, -0.25) is 0 Å². The summed E-state index contributed by atoms with van der Waals surface area (Å²) < 4.78 is 9.24. The van der Waals surface area contributed by atoms with Crippen LogP contribution in [0.2, 0.25) is 10.6 Å².